The van der Waals surface area contributed by atoms with Crippen molar-refractivity contribution >= 4 is 12.1 Å². The lowest BCUT2D eigenvalue weighted by Gasteiger charge is -2.25. The number of carbonyl (C=O) groups excluding carboxylic acids is 2. The Kier molecular flexibility index (Phi) is 6.83. The molecule has 0 spiro atoms. The maximum atomic E-state index is 11.6. The molecule has 0 aromatic carbocycles. The Morgan fingerprint density at radius 2 is 1.79 bits per heavy atom. The summed E-state index contributed by atoms with van der Waals surface area (Å²) in [7, 11) is 1.25. The van der Waals surface area contributed by atoms with Gasteiger partial charge < -0.3 is 19.9 Å². The Bertz CT molecular complexity index is 309. The number of hydrogen-bond acceptors (Lipinski definition) is 5. The van der Waals surface area contributed by atoms with Gasteiger partial charge in [-0.1, -0.05) is 13.8 Å². The molecule has 0 heterocycles. The van der Waals surface area contributed by atoms with Crippen LogP contribution in [0.2, 0.25) is 0 Å². The third-order valence-corrected chi connectivity index (χ3v) is 2.46. The van der Waals surface area contributed by atoms with Crippen LogP contribution in [0, 0.1) is 11.8 Å². The van der Waals surface area contributed by atoms with E-state index >= 15 is 0 Å². The van der Waals surface area contributed by atoms with Gasteiger partial charge in [0.15, 0.2) is 0 Å². The monoisotopic (exact) mass is 275 g/mol. The smallest absolute Gasteiger partial charge is 0.407 e. The summed E-state index contributed by atoms with van der Waals surface area (Å²) < 4.78 is 9.68. The van der Waals surface area contributed by atoms with Crippen molar-refractivity contribution in [2.75, 3.05) is 13.7 Å². The van der Waals surface area contributed by atoms with E-state index in [0.29, 0.717) is 0 Å². The number of ether oxygens (including phenoxy) is 2. The Balaban J connectivity index is 4.51. The third-order valence-electron chi connectivity index (χ3n) is 2.46. The van der Waals surface area contributed by atoms with Crippen LogP contribution in [0.25, 0.3) is 0 Å². The first-order valence-corrected chi connectivity index (χ1v) is 6.31. The van der Waals surface area contributed by atoms with E-state index in [1.165, 1.54) is 7.11 Å². The molecule has 0 bridgehead atoms. The molecule has 0 fully saturated rings. The number of hydrogen-bond donors (Lipinski definition) is 2. The van der Waals surface area contributed by atoms with E-state index in [-0.39, 0.29) is 12.5 Å². The average molecular weight is 275 g/mol. The average Bonchev–Trinajstić information content (AvgIpc) is 2.25. The minimum Gasteiger partial charge on any atom is -0.469 e. The molecule has 112 valence electrons. The molecule has 0 aromatic heterocycles. The van der Waals surface area contributed by atoms with Crippen LogP contribution < -0.4 is 5.32 Å². The van der Waals surface area contributed by atoms with Gasteiger partial charge in [-0.25, -0.2) is 4.79 Å². The number of aliphatic hydroxyl groups is 1. The predicted molar refractivity (Wildman–Crippen MR) is 70.6 cm³/mol. The van der Waals surface area contributed by atoms with Gasteiger partial charge in [-0.15, -0.1) is 0 Å². The van der Waals surface area contributed by atoms with Crippen molar-refractivity contribution < 1.29 is 24.2 Å². The number of nitrogens with one attached hydrogen (secondary N) is 1. The standard InChI is InChI=1S/C13H25NO5/c1-8(2)10(15)9(11(16)18-6)7-14-12(17)19-13(3,4)5/h8-10,15H,7H2,1-6H3,(H,14,17). The summed E-state index contributed by atoms with van der Waals surface area (Å²) >= 11 is 0. The van der Waals surface area contributed by atoms with Gasteiger partial charge in [0, 0.05) is 6.54 Å². The summed E-state index contributed by atoms with van der Waals surface area (Å²) in [6.45, 7) is 8.77. The zero-order valence-corrected chi connectivity index (χ0v) is 12.5. The van der Waals surface area contributed by atoms with E-state index in [0.717, 1.165) is 0 Å². The molecule has 0 aliphatic rings. The zero-order valence-electron chi connectivity index (χ0n) is 12.5. The maximum Gasteiger partial charge on any atom is 0.407 e. The van der Waals surface area contributed by atoms with Crippen LogP contribution in [-0.4, -0.2) is 42.5 Å². The van der Waals surface area contributed by atoms with Gasteiger partial charge in [0.25, 0.3) is 0 Å². The molecule has 19 heavy (non-hydrogen) atoms. The van der Waals surface area contributed by atoms with Crippen LogP contribution in [0.5, 0.6) is 0 Å². The highest BCUT2D eigenvalue weighted by atomic mass is 16.6. The summed E-state index contributed by atoms with van der Waals surface area (Å²) in [6, 6.07) is 0. The number of carbonyl (C=O) groups is 2. The van der Waals surface area contributed by atoms with Gasteiger partial charge in [-0.05, 0) is 26.7 Å². The first-order chi connectivity index (χ1) is 8.58. The number of amides is 1. The summed E-state index contributed by atoms with van der Waals surface area (Å²) in [5.74, 6) is -1.49. The quantitative estimate of drug-likeness (QED) is 0.739. The van der Waals surface area contributed by atoms with E-state index in [9.17, 15) is 14.7 Å². The number of esters is 1. The summed E-state index contributed by atoms with van der Waals surface area (Å²) in [4.78, 5) is 23.1. The van der Waals surface area contributed by atoms with E-state index in [4.69, 9.17) is 4.74 Å². The molecule has 0 saturated heterocycles. The molecule has 2 N–H and O–H groups in total. The van der Waals surface area contributed by atoms with E-state index in [1.54, 1.807) is 34.6 Å². The Morgan fingerprint density at radius 3 is 2.16 bits per heavy atom. The van der Waals surface area contributed by atoms with Gasteiger partial charge in [0.2, 0.25) is 0 Å². The Labute approximate surface area is 114 Å². The predicted octanol–water partition coefficient (Wildman–Crippen LogP) is 1.32. The molecule has 0 saturated carbocycles. The molecule has 0 rings (SSSR count). The number of methoxy groups -OCH3 is 1. The molecular formula is C13H25NO5. The summed E-state index contributed by atoms with van der Waals surface area (Å²) in [6.07, 6.45) is -1.51. The molecule has 0 aliphatic heterocycles. The largest absolute Gasteiger partial charge is 0.469 e. The van der Waals surface area contributed by atoms with Crippen LogP contribution >= 0.6 is 0 Å². The second kappa shape index (κ2) is 7.33. The molecule has 2 unspecified atom stereocenters. The van der Waals surface area contributed by atoms with Crippen LogP contribution in [0.3, 0.4) is 0 Å². The second-order valence-corrected chi connectivity index (χ2v) is 5.75. The van der Waals surface area contributed by atoms with Gasteiger partial charge in [-0.2, -0.15) is 0 Å². The van der Waals surface area contributed by atoms with Crippen molar-refractivity contribution in [2.24, 2.45) is 11.8 Å². The van der Waals surface area contributed by atoms with Crippen molar-refractivity contribution in [1.29, 1.82) is 0 Å². The number of aliphatic hydroxyl groups excluding tert-OH is 1. The highest BCUT2D eigenvalue weighted by molar-refractivity contribution is 5.74. The maximum absolute atomic E-state index is 11.6. The van der Waals surface area contributed by atoms with Crippen LogP contribution in [0.4, 0.5) is 4.79 Å². The first kappa shape index (κ1) is 17.7. The highest BCUT2D eigenvalue weighted by Crippen LogP contribution is 2.14. The fourth-order valence-corrected chi connectivity index (χ4v) is 1.47. The minimum absolute atomic E-state index is 0.0269. The molecule has 2 atom stereocenters. The molecule has 0 aliphatic carbocycles. The molecule has 1 amide bonds. The SMILES string of the molecule is COC(=O)C(CNC(=O)OC(C)(C)C)C(O)C(C)C. The van der Waals surface area contributed by atoms with Crippen molar-refractivity contribution in [3.05, 3.63) is 0 Å². The van der Waals surface area contributed by atoms with Gasteiger partial charge in [-0.3, -0.25) is 4.79 Å². The number of rotatable bonds is 5. The number of alkyl carbamates (subject to hydrolysis) is 1. The van der Waals surface area contributed by atoms with Crippen molar-refractivity contribution in [2.45, 2.75) is 46.3 Å². The fourth-order valence-electron chi connectivity index (χ4n) is 1.47. The fraction of sp³-hybridized carbons (Fsp3) is 0.846. The lowest BCUT2D eigenvalue weighted by atomic mass is 9.93. The first-order valence-electron chi connectivity index (χ1n) is 6.31. The molecule has 0 radical (unpaired) electrons. The summed E-state index contributed by atoms with van der Waals surface area (Å²) in [5, 5.41) is 12.4. The minimum atomic E-state index is -0.887. The molecular weight excluding hydrogens is 250 g/mol. The van der Waals surface area contributed by atoms with Gasteiger partial charge in [0.05, 0.1) is 13.2 Å². The van der Waals surface area contributed by atoms with Crippen molar-refractivity contribution in [3.63, 3.8) is 0 Å². The molecule has 6 nitrogen and oxygen atoms in total. The summed E-state index contributed by atoms with van der Waals surface area (Å²) in [5.41, 5.74) is -0.610. The lowest BCUT2D eigenvalue weighted by Crippen LogP contribution is -2.43. The third kappa shape index (κ3) is 7.00. The molecule has 6 heteroatoms. The van der Waals surface area contributed by atoms with E-state index in [2.05, 4.69) is 10.1 Å². The van der Waals surface area contributed by atoms with Crippen molar-refractivity contribution in [1.82, 2.24) is 5.32 Å². The van der Waals surface area contributed by atoms with E-state index < -0.39 is 29.7 Å². The van der Waals surface area contributed by atoms with Crippen LogP contribution in [0.15, 0.2) is 0 Å². The van der Waals surface area contributed by atoms with Gasteiger partial charge in [0.1, 0.15) is 11.5 Å². The Hall–Kier alpha value is -1.30. The topological polar surface area (TPSA) is 84.9 Å². The van der Waals surface area contributed by atoms with Crippen LogP contribution in [-0.2, 0) is 14.3 Å². The second-order valence-electron chi connectivity index (χ2n) is 5.75. The molecule has 0 aromatic rings. The van der Waals surface area contributed by atoms with E-state index in [1.807, 2.05) is 0 Å². The zero-order chi connectivity index (χ0) is 15.2. The normalized spacial score (nSPS) is 14.7. The van der Waals surface area contributed by atoms with Crippen molar-refractivity contribution in [3.8, 4) is 0 Å². The van der Waals surface area contributed by atoms with Gasteiger partial charge >= 0.3 is 12.1 Å². The van der Waals surface area contributed by atoms with Crippen LogP contribution in [0.1, 0.15) is 34.6 Å². The lowest BCUT2D eigenvalue weighted by molar-refractivity contribution is -0.150. The highest BCUT2D eigenvalue weighted by Gasteiger charge is 2.30. The Morgan fingerprint density at radius 1 is 1.26 bits per heavy atom.